The van der Waals surface area contributed by atoms with E-state index in [1.54, 1.807) is 0 Å². The first-order valence-electron chi connectivity index (χ1n) is 3.77. The summed E-state index contributed by atoms with van der Waals surface area (Å²) >= 11 is 5.34. The summed E-state index contributed by atoms with van der Waals surface area (Å²) in [6, 6.07) is 0.871. The van der Waals surface area contributed by atoms with Crippen LogP contribution in [0.25, 0.3) is 0 Å². The molecule has 1 aromatic heterocycles. The van der Waals surface area contributed by atoms with Gasteiger partial charge in [0.15, 0.2) is 0 Å². The highest BCUT2D eigenvalue weighted by Gasteiger charge is 2.42. The van der Waals surface area contributed by atoms with Gasteiger partial charge in [0, 0.05) is 11.8 Å². The maximum Gasteiger partial charge on any atom is 0.493 e. The Morgan fingerprint density at radius 1 is 1.56 bits per heavy atom. The fourth-order valence-corrected chi connectivity index (χ4v) is 1.02. The lowest BCUT2D eigenvalue weighted by molar-refractivity contribution is -0.200. The minimum atomic E-state index is -5.21. The fraction of sp³-hybridized carbons (Fsp3) is 0.286. The zero-order valence-corrected chi connectivity index (χ0v) is 8.46. The van der Waals surface area contributed by atoms with Gasteiger partial charge in [0.05, 0.1) is 0 Å². The van der Waals surface area contributed by atoms with Gasteiger partial charge in [-0.25, -0.2) is 9.78 Å². The third-order valence-electron chi connectivity index (χ3n) is 1.37. The molecule has 0 aromatic carbocycles. The molecule has 0 amide bonds. The third-order valence-corrected chi connectivity index (χ3v) is 1.61. The number of hydrogen-bond donors (Lipinski definition) is 0. The van der Waals surface area contributed by atoms with E-state index in [9.17, 15) is 22.8 Å². The van der Waals surface area contributed by atoms with Gasteiger partial charge < -0.3 is 4.84 Å². The molecule has 0 saturated carbocycles. The van der Waals surface area contributed by atoms with E-state index in [0.717, 1.165) is 6.07 Å². The summed E-state index contributed by atoms with van der Waals surface area (Å²) in [6.07, 6.45) is -5.21. The Labute approximate surface area is 91.4 Å². The number of rotatable bonds is 1. The van der Waals surface area contributed by atoms with Gasteiger partial charge in [-0.1, -0.05) is 0 Å². The smallest absolute Gasteiger partial charge is 0.322 e. The molecule has 0 N–H and O–H groups in total. The monoisotopic (exact) mass is 256 g/mol. The second kappa shape index (κ2) is 4.12. The van der Waals surface area contributed by atoms with Gasteiger partial charge in [-0.05, 0) is 18.5 Å². The molecule has 0 saturated heterocycles. The molecule has 0 aliphatic heterocycles. The first kappa shape index (κ1) is 12.5. The van der Waals surface area contributed by atoms with Crippen LogP contribution < -0.4 is 10.4 Å². The summed E-state index contributed by atoms with van der Waals surface area (Å²) in [5, 5.41) is -0.664. The van der Waals surface area contributed by atoms with E-state index in [1.165, 1.54) is 6.92 Å². The van der Waals surface area contributed by atoms with Crippen LogP contribution in [-0.2, 0) is 4.79 Å². The highest BCUT2D eigenvalue weighted by atomic mass is 35.5. The van der Waals surface area contributed by atoms with Crippen molar-refractivity contribution < 1.29 is 22.8 Å². The summed E-state index contributed by atoms with van der Waals surface area (Å²) in [5.74, 6) is -2.55. The molecular weight excluding hydrogens is 253 g/mol. The quantitative estimate of drug-likeness (QED) is 0.695. The van der Waals surface area contributed by atoms with E-state index in [4.69, 9.17) is 11.6 Å². The van der Waals surface area contributed by atoms with Crippen LogP contribution >= 0.6 is 11.6 Å². The van der Waals surface area contributed by atoms with E-state index >= 15 is 0 Å². The van der Waals surface area contributed by atoms with Gasteiger partial charge >= 0.3 is 12.1 Å². The number of hydrogen-bond acceptors (Lipinski definition) is 4. The average Bonchev–Trinajstić information content (AvgIpc) is 2.08. The van der Waals surface area contributed by atoms with Crippen LogP contribution in [0.2, 0.25) is 5.28 Å². The van der Waals surface area contributed by atoms with E-state index in [1.807, 2.05) is 0 Å². The summed E-state index contributed by atoms with van der Waals surface area (Å²) in [5.41, 5.74) is -0.829. The van der Waals surface area contributed by atoms with Crippen molar-refractivity contribution in [3.05, 3.63) is 27.4 Å². The molecule has 0 aliphatic rings. The topological polar surface area (TPSA) is 61.2 Å². The maximum absolute atomic E-state index is 11.8. The largest absolute Gasteiger partial charge is 0.493 e. The Morgan fingerprint density at radius 2 is 2.12 bits per heavy atom. The first-order chi connectivity index (χ1) is 7.21. The van der Waals surface area contributed by atoms with Gasteiger partial charge in [0.25, 0.3) is 5.56 Å². The maximum atomic E-state index is 11.8. The van der Waals surface area contributed by atoms with Gasteiger partial charge in [0.2, 0.25) is 5.28 Å². The highest BCUT2D eigenvalue weighted by molar-refractivity contribution is 6.28. The average molecular weight is 257 g/mol. The Kier molecular flexibility index (Phi) is 3.22. The number of carbonyl (C=O) groups is 1. The molecule has 5 nitrogen and oxygen atoms in total. The summed E-state index contributed by atoms with van der Waals surface area (Å²) < 4.78 is 35.4. The molecule has 9 heteroatoms. The minimum Gasteiger partial charge on any atom is -0.322 e. The number of aryl methyl sites for hydroxylation is 1. The van der Waals surface area contributed by atoms with Crippen LogP contribution in [0.5, 0.6) is 0 Å². The predicted molar refractivity (Wildman–Crippen MR) is 45.9 cm³/mol. The molecule has 16 heavy (non-hydrogen) atoms. The SMILES string of the molecule is Cc1cc(=O)n(OC(=O)C(F)(F)F)c(Cl)n1. The van der Waals surface area contributed by atoms with Crippen LogP contribution in [0, 0.1) is 6.92 Å². The first-order valence-corrected chi connectivity index (χ1v) is 4.15. The van der Waals surface area contributed by atoms with Crippen LogP contribution in [0.15, 0.2) is 10.9 Å². The molecule has 88 valence electrons. The van der Waals surface area contributed by atoms with Gasteiger partial charge in [0.1, 0.15) is 0 Å². The van der Waals surface area contributed by atoms with E-state index in [0.29, 0.717) is 0 Å². The lowest BCUT2D eigenvalue weighted by Crippen LogP contribution is -2.38. The Bertz CT molecular complexity index is 483. The van der Waals surface area contributed by atoms with Crippen LogP contribution in [0.4, 0.5) is 13.2 Å². The van der Waals surface area contributed by atoms with Crippen molar-refractivity contribution in [2.24, 2.45) is 0 Å². The lowest BCUT2D eigenvalue weighted by Gasteiger charge is -2.08. The molecule has 1 rings (SSSR count). The molecule has 0 radical (unpaired) electrons. The molecule has 0 fully saturated rings. The molecule has 0 atom stereocenters. The molecule has 1 heterocycles. The molecule has 0 bridgehead atoms. The van der Waals surface area contributed by atoms with Crippen LogP contribution in [0.3, 0.4) is 0 Å². The fourth-order valence-electron chi connectivity index (χ4n) is 0.769. The highest BCUT2D eigenvalue weighted by Crippen LogP contribution is 2.15. The second-order valence-electron chi connectivity index (χ2n) is 2.68. The number of aromatic nitrogens is 2. The molecule has 0 unspecified atom stereocenters. The minimum absolute atomic E-state index is 0.0373. The van der Waals surface area contributed by atoms with Crippen LogP contribution in [-0.4, -0.2) is 21.9 Å². The van der Waals surface area contributed by atoms with Crippen molar-refractivity contribution in [3.63, 3.8) is 0 Å². The summed E-state index contributed by atoms with van der Waals surface area (Å²) in [7, 11) is 0. The zero-order valence-electron chi connectivity index (χ0n) is 7.71. The zero-order chi connectivity index (χ0) is 12.5. The molecule has 0 aliphatic carbocycles. The molecule has 1 aromatic rings. The van der Waals surface area contributed by atoms with Crippen molar-refractivity contribution in [2.45, 2.75) is 13.1 Å². The number of nitrogens with zero attached hydrogens (tertiary/aromatic N) is 2. The van der Waals surface area contributed by atoms with Gasteiger partial charge in [-0.3, -0.25) is 4.79 Å². The molecular formula is C7H4ClF3N2O3. The number of alkyl halides is 3. The number of carbonyl (C=O) groups excluding carboxylic acids is 1. The van der Waals surface area contributed by atoms with Crippen molar-refractivity contribution in [2.75, 3.05) is 0 Å². The summed E-state index contributed by atoms with van der Waals surface area (Å²) in [4.78, 5) is 28.7. The molecule has 0 spiro atoms. The predicted octanol–water partition coefficient (Wildman–Crippen LogP) is 0.723. The van der Waals surface area contributed by atoms with E-state index in [-0.39, 0.29) is 10.4 Å². The van der Waals surface area contributed by atoms with Gasteiger partial charge in [-0.2, -0.15) is 13.2 Å². The lowest BCUT2D eigenvalue weighted by atomic mass is 10.5. The van der Waals surface area contributed by atoms with Crippen molar-refractivity contribution in [1.82, 2.24) is 9.71 Å². The van der Waals surface area contributed by atoms with Crippen LogP contribution in [0.1, 0.15) is 5.69 Å². The third kappa shape index (κ3) is 2.72. The van der Waals surface area contributed by atoms with Crippen molar-refractivity contribution in [1.29, 1.82) is 0 Å². The van der Waals surface area contributed by atoms with E-state index < -0.39 is 23.0 Å². The normalized spacial score (nSPS) is 11.3. The Hall–Kier alpha value is -1.57. The Balaban J connectivity index is 3.08. The van der Waals surface area contributed by atoms with Gasteiger partial charge in [-0.15, -0.1) is 4.73 Å². The second-order valence-corrected chi connectivity index (χ2v) is 3.01. The standard InChI is InChI=1S/C7H4ClF3N2O3/c1-3-2-4(14)13(6(8)12-3)16-5(15)7(9,10)11/h2H,1H3. The van der Waals surface area contributed by atoms with E-state index in [2.05, 4.69) is 9.82 Å². The number of halogens is 4. The van der Waals surface area contributed by atoms with Crippen molar-refractivity contribution in [3.8, 4) is 0 Å². The van der Waals surface area contributed by atoms with Crippen molar-refractivity contribution >= 4 is 17.6 Å². The summed E-state index contributed by atoms with van der Waals surface area (Å²) in [6.45, 7) is 1.41. The Morgan fingerprint density at radius 3 is 2.56 bits per heavy atom.